The number of amides is 2. The number of ether oxygens (including phenoxy) is 1. The van der Waals surface area contributed by atoms with Gasteiger partial charge in [0, 0.05) is 17.5 Å². The zero-order valence-electron chi connectivity index (χ0n) is 13.9. The largest absolute Gasteiger partial charge is 0.497 e. The number of nitrogens with one attached hydrogen (secondary N) is 2. The average molecular weight is 318 g/mol. The van der Waals surface area contributed by atoms with E-state index in [-0.39, 0.29) is 11.7 Å². The highest BCUT2D eigenvalue weighted by Gasteiger charge is 2.22. The third kappa shape index (κ3) is 3.64. The van der Waals surface area contributed by atoms with E-state index in [0.29, 0.717) is 17.9 Å². The molecule has 1 aromatic heterocycles. The lowest BCUT2D eigenvalue weighted by Gasteiger charge is -2.13. The molecule has 2 rings (SSSR count). The smallest absolute Gasteiger partial charge is 0.287 e. The van der Waals surface area contributed by atoms with Crippen LogP contribution in [0, 0.1) is 6.92 Å². The highest BCUT2D eigenvalue weighted by Crippen LogP contribution is 2.28. The van der Waals surface area contributed by atoms with Crippen LogP contribution in [0.3, 0.4) is 0 Å². The van der Waals surface area contributed by atoms with Crippen LogP contribution in [0.15, 0.2) is 22.6 Å². The molecule has 0 saturated carbocycles. The van der Waals surface area contributed by atoms with Gasteiger partial charge >= 0.3 is 0 Å². The van der Waals surface area contributed by atoms with Gasteiger partial charge in [-0.2, -0.15) is 0 Å². The maximum absolute atomic E-state index is 12.4. The Morgan fingerprint density at radius 1 is 1.35 bits per heavy atom. The van der Waals surface area contributed by atoms with Gasteiger partial charge in [0.25, 0.3) is 5.91 Å². The molecule has 0 bridgehead atoms. The SMILES string of the molecule is CCCNC(=O)[C@H](C)NC(=O)c1oc2ccc(OC)cc2c1C. The summed E-state index contributed by atoms with van der Waals surface area (Å²) in [5, 5.41) is 6.22. The van der Waals surface area contributed by atoms with Crippen molar-refractivity contribution in [1.29, 1.82) is 0 Å². The molecule has 0 unspecified atom stereocenters. The van der Waals surface area contributed by atoms with Crippen LogP contribution in [0.4, 0.5) is 0 Å². The predicted octanol–water partition coefficient (Wildman–Crippen LogP) is 2.39. The normalized spacial score (nSPS) is 12.0. The Balaban J connectivity index is 2.18. The zero-order valence-corrected chi connectivity index (χ0v) is 13.9. The Morgan fingerprint density at radius 2 is 2.09 bits per heavy atom. The fourth-order valence-electron chi connectivity index (χ4n) is 2.27. The quantitative estimate of drug-likeness (QED) is 0.857. The van der Waals surface area contributed by atoms with Crippen LogP contribution in [0.5, 0.6) is 5.75 Å². The van der Waals surface area contributed by atoms with Crippen LogP contribution >= 0.6 is 0 Å². The summed E-state index contributed by atoms with van der Waals surface area (Å²) in [5.74, 6) is 0.288. The second-order valence-electron chi connectivity index (χ2n) is 5.40. The predicted molar refractivity (Wildman–Crippen MR) is 87.7 cm³/mol. The maximum atomic E-state index is 12.4. The molecule has 124 valence electrons. The number of hydrogen-bond acceptors (Lipinski definition) is 4. The van der Waals surface area contributed by atoms with Crippen LogP contribution in [-0.4, -0.2) is 31.5 Å². The molecule has 2 amide bonds. The lowest BCUT2D eigenvalue weighted by atomic mass is 10.1. The van der Waals surface area contributed by atoms with Crippen molar-refractivity contribution in [2.75, 3.05) is 13.7 Å². The van der Waals surface area contributed by atoms with E-state index in [1.54, 1.807) is 26.2 Å². The van der Waals surface area contributed by atoms with E-state index in [2.05, 4.69) is 10.6 Å². The standard InChI is InChI=1S/C17H22N2O4/c1-5-8-18-16(20)11(3)19-17(21)15-10(2)13-9-12(22-4)6-7-14(13)23-15/h6-7,9,11H,5,8H2,1-4H3,(H,18,20)(H,19,21)/t11-/m0/s1. The highest BCUT2D eigenvalue weighted by atomic mass is 16.5. The van der Waals surface area contributed by atoms with Gasteiger partial charge in [-0.3, -0.25) is 9.59 Å². The number of methoxy groups -OCH3 is 1. The summed E-state index contributed by atoms with van der Waals surface area (Å²) in [6.07, 6.45) is 0.844. The van der Waals surface area contributed by atoms with Crippen LogP contribution in [0.1, 0.15) is 36.4 Å². The first-order valence-electron chi connectivity index (χ1n) is 7.63. The molecule has 0 spiro atoms. The van der Waals surface area contributed by atoms with Gasteiger partial charge < -0.3 is 19.8 Å². The minimum Gasteiger partial charge on any atom is -0.497 e. The number of furan rings is 1. The van der Waals surface area contributed by atoms with E-state index in [9.17, 15) is 9.59 Å². The van der Waals surface area contributed by atoms with Crippen molar-refractivity contribution < 1.29 is 18.7 Å². The molecule has 23 heavy (non-hydrogen) atoms. The summed E-state index contributed by atoms with van der Waals surface area (Å²) in [6.45, 7) is 6.00. The van der Waals surface area contributed by atoms with Crippen molar-refractivity contribution in [3.05, 3.63) is 29.5 Å². The molecule has 0 radical (unpaired) electrons. The van der Waals surface area contributed by atoms with Crippen LogP contribution in [0.2, 0.25) is 0 Å². The molecule has 1 aromatic carbocycles. The third-order valence-electron chi connectivity index (χ3n) is 3.64. The molecule has 0 aliphatic rings. The summed E-state index contributed by atoms with van der Waals surface area (Å²) in [5.41, 5.74) is 1.33. The number of benzene rings is 1. The molecule has 2 aromatic rings. The van der Waals surface area contributed by atoms with Gasteiger partial charge in [-0.05, 0) is 38.5 Å². The van der Waals surface area contributed by atoms with Gasteiger partial charge in [0.15, 0.2) is 5.76 Å². The van der Waals surface area contributed by atoms with Gasteiger partial charge in [0.2, 0.25) is 5.91 Å². The van der Waals surface area contributed by atoms with Crippen molar-refractivity contribution in [2.45, 2.75) is 33.2 Å². The fraction of sp³-hybridized carbons (Fsp3) is 0.412. The molecule has 0 aliphatic carbocycles. The molecule has 1 heterocycles. The molecule has 0 saturated heterocycles. The lowest BCUT2D eigenvalue weighted by molar-refractivity contribution is -0.122. The van der Waals surface area contributed by atoms with Crippen LogP contribution < -0.4 is 15.4 Å². The van der Waals surface area contributed by atoms with E-state index in [4.69, 9.17) is 9.15 Å². The Hall–Kier alpha value is -2.50. The number of fused-ring (bicyclic) bond motifs is 1. The Bertz CT molecular complexity index is 721. The average Bonchev–Trinajstić information content (AvgIpc) is 2.88. The fourth-order valence-corrected chi connectivity index (χ4v) is 2.27. The molecule has 0 aliphatic heterocycles. The first kappa shape index (κ1) is 16.9. The first-order valence-corrected chi connectivity index (χ1v) is 7.63. The summed E-state index contributed by atoms with van der Waals surface area (Å²) in [4.78, 5) is 24.2. The number of hydrogen-bond donors (Lipinski definition) is 2. The topological polar surface area (TPSA) is 80.6 Å². The number of aryl methyl sites for hydroxylation is 1. The number of carbonyl (C=O) groups excluding carboxylic acids is 2. The molecular formula is C17H22N2O4. The second kappa shape index (κ2) is 7.17. The van der Waals surface area contributed by atoms with Gasteiger partial charge in [0.1, 0.15) is 17.4 Å². The summed E-state index contributed by atoms with van der Waals surface area (Å²) in [6, 6.07) is 4.72. The third-order valence-corrected chi connectivity index (χ3v) is 3.64. The van der Waals surface area contributed by atoms with Crippen molar-refractivity contribution in [3.63, 3.8) is 0 Å². The van der Waals surface area contributed by atoms with E-state index in [1.807, 2.05) is 19.9 Å². The lowest BCUT2D eigenvalue weighted by Crippen LogP contribution is -2.45. The summed E-state index contributed by atoms with van der Waals surface area (Å²) < 4.78 is 10.8. The van der Waals surface area contributed by atoms with E-state index in [0.717, 1.165) is 17.4 Å². The van der Waals surface area contributed by atoms with E-state index in [1.165, 1.54) is 0 Å². The molecule has 6 heteroatoms. The highest BCUT2D eigenvalue weighted by molar-refractivity contribution is 6.01. The summed E-state index contributed by atoms with van der Waals surface area (Å²) >= 11 is 0. The Morgan fingerprint density at radius 3 is 2.74 bits per heavy atom. The minimum absolute atomic E-state index is 0.211. The monoisotopic (exact) mass is 318 g/mol. The van der Waals surface area contributed by atoms with Gasteiger partial charge in [-0.15, -0.1) is 0 Å². The minimum atomic E-state index is -0.629. The maximum Gasteiger partial charge on any atom is 0.287 e. The second-order valence-corrected chi connectivity index (χ2v) is 5.40. The molecule has 0 fully saturated rings. The Kier molecular flexibility index (Phi) is 5.26. The van der Waals surface area contributed by atoms with Gasteiger partial charge in [-0.25, -0.2) is 0 Å². The number of rotatable bonds is 6. The van der Waals surface area contributed by atoms with Gasteiger partial charge in [-0.1, -0.05) is 6.92 Å². The van der Waals surface area contributed by atoms with Crippen molar-refractivity contribution >= 4 is 22.8 Å². The van der Waals surface area contributed by atoms with E-state index >= 15 is 0 Å². The molecule has 2 N–H and O–H groups in total. The Labute approximate surface area is 135 Å². The molecule has 1 atom stereocenters. The van der Waals surface area contributed by atoms with E-state index < -0.39 is 11.9 Å². The van der Waals surface area contributed by atoms with Crippen LogP contribution in [-0.2, 0) is 4.79 Å². The zero-order chi connectivity index (χ0) is 17.0. The van der Waals surface area contributed by atoms with Crippen LogP contribution in [0.25, 0.3) is 11.0 Å². The summed E-state index contributed by atoms with van der Waals surface area (Å²) in [7, 11) is 1.58. The van der Waals surface area contributed by atoms with Crippen molar-refractivity contribution in [3.8, 4) is 5.75 Å². The molecular weight excluding hydrogens is 296 g/mol. The molecule has 6 nitrogen and oxygen atoms in total. The number of carbonyl (C=O) groups is 2. The van der Waals surface area contributed by atoms with Crippen molar-refractivity contribution in [2.24, 2.45) is 0 Å². The van der Waals surface area contributed by atoms with Crippen molar-refractivity contribution in [1.82, 2.24) is 10.6 Å². The first-order chi connectivity index (χ1) is 11.0. The van der Waals surface area contributed by atoms with Gasteiger partial charge in [0.05, 0.1) is 7.11 Å².